The maximum Gasteiger partial charge on any atom is 0.237 e. The van der Waals surface area contributed by atoms with Gasteiger partial charge in [-0.15, -0.1) is 0 Å². The Bertz CT molecular complexity index is 1580. The molecule has 2 aliphatic heterocycles. The SMILES string of the molecule is CC(C)(C)CN1CC2(CC1C(=O)NCCC(O)COC(c1ccccc1)(c1ccccc1)c1ccccc1)C(=O)Nc1ccccc12. The number of rotatable bonds is 11. The minimum atomic E-state index is -0.933. The van der Waals surface area contributed by atoms with Crippen LogP contribution in [0.2, 0.25) is 0 Å². The first-order chi connectivity index (χ1) is 22.6. The van der Waals surface area contributed by atoms with E-state index in [1.54, 1.807) is 0 Å². The molecule has 0 bridgehead atoms. The molecule has 4 aromatic rings. The minimum Gasteiger partial charge on any atom is -0.391 e. The van der Waals surface area contributed by atoms with Crippen LogP contribution in [0, 0.1) is 5.41 Å². The highest BCUT2D eigenvalue weighted by atomic mass is 16.5. The quantitative estimate of drug-likeness (QED) is 0.180. The number of para-hydroxylation sites is 1. The highest BCUT2D eigenvalue weighted by Crippen LogP contribution is 2.47. The fourth-order valence-corrected chi connectivity index (χ4v) is 7.30. The lowest BCUT2D eigenvalue weighted by molar-refractivity contribution is -0.126. The maximum absolute atomic E-state index is 13.8. The number of benzene rings is 4. The molecular weight excluding hydrogens is 586 g/mol. The average molecular weight is 632 g/mol. The Morgan fingerprint density at radius 3 is 1.98 bits per heavy atom. The van der Waals surface area contributed by atoms with Crippen molar-refractivity contribution in [1.29, 1.82) is 0 Å². The summed E-state index contributed by atoms with van der Waals surface area (Å²) in [5.41, 5.74) is 2.93. The van der Waals surface area contributed by atoms with Crippen LogP contribution in [-0.4, -0.2) is 60.2 Å². The third-order valence-electron chi connectivity index (χ3n) is 9.37. The lowest BCUT2D eigenvalue weighted by atomic mass is 9.79. The van der Waals surface area contributed by atoms with E-state index in [1.165, 1.54) is 0 Å². The molecule has 2 aliphatic rings. The lowest BCUT2D eigenvalue weighted by Gasteiger charge is -2.36. The number of amides is 2. The van der Waals surface area contributed by atoms with Crippen LogP contribution in [0.15, 0.2) is 115 Å². The van der Waals surface area contributed by atoms with Gasteiger partial charge in [-0.25, -0.2) is 0 Å². The van der Waals surface area contributed by atoms with Crippen LogP contribution in [0.1, 0.15) is 55.9 Å². The highest BCUT2D eigenvalue weighted by Gasteiger charge is 2.56. The van der Waals surface area contributed by atoms with Crippen molar-refractivity contribution in [2.75, 3.05) is 31.6 Å². The summed E-state index contributed by atoms with van der Waals surface area (Å²) in [4.78, 5) is 29.3. The van der Waals surface area contributed by atoms with Gasteiger partial charge >= 0.3 is 0 Å². The van der Waals surface area contributed by atoms with Crippen molar-refractivity contribution in [3.63, 3.8) is 0 Å². The number of ether oxygens (including phenoxy) is 1. The Hall–Kier alpha value is -4.30. The molecule has 244 valence electrons. The molecule has 1 saturated heterocycles. The first-order valence-electron chi connectivity index (χ1n) is 16.5. The first kappa shape index (κ1) is 32.6. The third-order valence-corrected chi connectivity index (χ3v) is 9.37. The molecule has 1 fully saturated rings. The summed E-state index contributed by atoms with van der Waals surface area (Å²) in [6.45, 7) is 7.95. The van der Waals surface area contributed by atoms with Gasteiger partial charge in [-0.2, -0.15) is 0 Å². The van der Waals surface area contributed by atoms with Gasteiger partial charge in [0.05, 0.1) is 24.2 Å². The largest absolute Gasteiger partial charge is 0.391 e. The number of carbonyl (C=O) groups excluding carboxylic acids is 2. The molecule has 7 nitrogen and oxygen atoms in total. The van der Waals surface area contributed by atoms with Gasteiger partial charge in [-0.05, 0) is 46.6 Å². The lowest BCUT2D eigenvalue weighted by Crippen LogP contribution is -2.46. The molecule has 47 heavy (non-hydrogen) atoms. The molecule has 0 aromatic heterocycles. The number of likely N-dealkylation sites (tertiary alicyclic amines) is 1. The second-order valence-electron chi connectivity index (χ2n) is 14.1. The highest BCUT2D eigenvalue weighted by molar-refractivity contribution is 6.07. The van der Waals surface area contributed by atoms with Crippen LogP contribution in [-0.2, 0) is 25.3 Å². The van der Waals surface area contributed by atoms with Gasteiger partial charge in [0, 0.05) is 25.3 Å². The summed E-state index contributed by atoms with van der Waals surface area (Å²) in [5, 5.41) is 17.3. The number of fused-ring (bicyclic) bond motifs is 2. The molecule has 0 aliphatic carbocycles. The van der Waals surface area contributed by atoms with Crippen molar-refractivity contribution in [3.05, 3.63) is 138 Å². The number of carbonyl (C=O) groups is 2. The normalized spacial score (nSPS) is 20.2. The van der Waals surface area contributed by atoms with E-state index in [0.29, 0.717) is 25.9 Å². The van der Waals surface area contributed by atoms with E-state index in [9.17, 15) is 14.7 Å². The van der Waals surface area contributed by atoms with Gasteiger partial charge in [0.15, 0.2) is 0 Å². The van der Waals surface area contributed by atoms with Gasteiger partial charge in [0.1, 0.15) is 5.60 Å². The molecule has 3 N–H and O–H groups in total. The predicted molar refractivity (Wildman–Crippen MR) is 185 cm³/mol. The first-order valence-corrected chi connectivity index (χ1v) is 16.5. The molecule has 0 saturated carbocycles. The van der Waals surface area contributed by atoms with Crippen LogP contribution >= 0.6 is 0 Å². The van der Waals surface area contributed by atoms with E-state index in [-0.39, 0.29) is 30.4 Å². The molecule has 4 aromatic carbocycles. The molecule has 3 atom stereocenters. The fourth-order valence-electron chi connectivity index (χ4n) is 7.30. The Labute approximate surface area is 278 Å². The summed E-state index contributed by atoms with van der Waals surface area (Å²) in [6.07, 6.45) is -0.0865. The van der Waals surface area contributed by atoms with Crippen LogP contribution in [0.5, 0.6) is 0 Å². The molecule has 0 radical (unpaired) electrons. The van der Waals surface area contributed by atoms with Crippen LogP contribution < -0.4 is 10.6 Å². The zero-order valence-corrected chi connectivity index (χ0v) is 27.5. The zero-order chi connectivity index (χ0) is 33.1. The van der Waals surface area contributed by atoms with E-state index >= 15 is 0 Å². The fraction of sp³-hybridized carbons (Fsp3) is 0.350. The summed E-state index contributed by atoms with van der Waals surface area (Å²) in [6, 6.07) is 37.5. The van der Waals surface area contributed by atoms with Gasteiger partial charge in [0.25, 0.3) is 0 Å². The number of aliphatic hydroxyl groups excluding tert-OH is 1. The number of nitrogens with zero attached hydrogens (tertiary/aromatic N) is 1. The molecule has 3 unspecified atom stereocenters. The molecule has 2 amide bonds. The van der Waals surface area contributed by atoms with Crippen molar-refractivity contribution < 1.29 is 19.4 Å². The van der Waals surface area contributed by atoms with Gasteiger partial charge in [0.2, 0.25) is 11.8 Å². The van der Waals surface area contributed by atoms with Crippen molar-refractivity contribution >= 4 is 17.5 Å². The van der Waals surface area contributed by atoms with E-state index in [4.69, 9.17) is 4.74 Å². The maximum atomic E-state index is 13.8. The Morgan fingerprint density at radius 2 is 1.43 bits per heavy atom. The van der Waals surface area contributed by atoms with Crippen molar-refractivity contribution in [1.82, 2.24) is 10.2 Å². The topological polar surface area (TPSA) is 90.9 Å². The van der Waals surface area contributed by atoms with E-state index < -0.39 is 23.2 Å². The van der Waals surface area contributed by atoms with Gasteiger partial charge < -0.3 is 20.5 Å². The Morgan fingerprint density at radius 1 is 0.894 bits per heavy atom. The molecule has 1 spiro atoms. The van der Waals surface area contributed by atoms with Crippen molar-refractivity contribution in [2.45, 2.75) is 56.8 Å². The standard InChI is InChI=1S/C40H45N3O4/c1-38(2,3)27-43-28-39(33-21-13-14-22-34(33)42-37(39)46)25-35(43)36(45)41-24-23-32(44)26-47-40(29-15-7-4-8-16-29,30-17-9-5-10-18-30)31-19-11-6-12-20-31/h4-22,32,35,44H,23-28H2,1-3H3,(H,41,45)(H,42,46). The van der Waals surface area contributed by atoms with Crippen LogP contribution in [0.4, 0.5) is 5.69 Å². The van der Waals surface area contributed by atoms with Gasteiger partial charge in [-0.3, -0.25) is 14.5 Å². The number of aliphatic hydroxyl groups is 1. The molecule has 7 heteroatoms. The predicted octanol–water partition coefficient (Wildman–Crippen LogP) is 5.87. The average Bonchev–Trinajstić information content (AvgIpc) is 3.58. The van der Waals surface area contributed by atoms with E-state index in [2.05, 4.69) is 36.3 Å². The van der Waals surface area contributed by atoms with Crippen LogP contribution in [0.25, 0.3) is 0 Å². The summed E-state index contributed by atoms with van der Waals surface area (Å²) in [5.74, 6) is -0.164. The third kappa shape index (κ3) is 6.61. The number of nitrogens with one attached hydrogen (secondary N) is 2. The van der Waals surface area contributed by atoms with E-state index in [0.717, 1.165) is 27.9 Å². The Balaban J connectivity index is 1.15. The Kier molecular flexibility index (Phi) is 9.33. The minimum absolute atomic E-state index is 0.0424. The molecule has 2 heterocycles. The number of hydrogen-bond acceptors (Lipinski definition) is 5. The van der Waals surface area contributed by atoms with Crippen LogP contribution in [0.3, 0.4) is 0 Å². The summed E-state index contributed by atoms with van der Waals surface area (Å²) >= 11 is 0. The second-order valence-corrected chi connectivity index (χ2v) is 14.1. The molecular formula is C40H45N3O4. The van der Waals surface area contributed by atoms with Crippen molar-refractivity contribution in [2.24, 2.45) is 5.41 Å². The van der Waals surface area contributed by atoms with E-state index in [1.807, 2.05) is 115 Å². The number of anilines is 1. The van der Waals surface area contributed by atoms with Crippen molar-refractivity contribution in [3.8, 4) is 0 Å². The molecule has 6 rings (SSSR count). The smallest absolute Gasteiger partial charge is 0.237 e. The second kappa shape index (κ2) is 13.4. The zero-order valence-electron chi connectivity index (χ0n) is 27.5. The van der Waals surface area contributed by atoms with Gasteiger partial charge in [-0.1, -0.05) is 130 Å². The summed E-state index contributed by atoms with van der Waals surface area (Å²) < 4.78 is 6.77. The number of hydrogen-bond donors (Lipinski definition) is 3. The monoisotopic (exact) mass is 631 g/mol. The summed E-state index contributed by atoms with van der Waals surface area (Å²) in [7, 11) is 0.